The van der Waals surface area contributed by atoms with Crippen LogP contribution in [0.5, 0.6) is 5.75 Å². The number of aromatic amines is 1. The Bertz CT molecular complexity index is 1150. The molecule has 0 aliphatic heterocycles. The molecule has 29 heavy (non-hydrogen) atoms. The summed E-state index contributed by atoms with van der Waals surface area (Å²) in [4.78, 5) is 17.0. The lowest BCUT2D eigenvalue weighted by Crippen LogP contribution is -2.14. The number of nitrogens with one attached hydrogen (secondary N) is 2. The second-order valence-corrected chi connectivity index (χ2v) is 6.39. The summed E-state index contributed by atoms with van der Waals surface area (Å²) in [5.41, 5.74) is 3.31. The zero-order valence-electron chi connectivity index (χ0n) is 16.0. The fraction of sp³-hybridized carbons (Fsp3) is 0.143. The third-order valence-corrected chi connectivity index (χ3v) is 4.38. The Morgan fingerprint density at radius 1 is 1.17 bits per heavy atom. The van der Waals surface area contributed by atoms with Crippen LogP contribution in [0.2, 0.25) is 0 Å². The van der Waals surface area contributed by atoms with Crippen molar-refractivity contribution in [2.45, 2.75) is 13.3 Å². The normalized spacial score (nSPS) is 10.7. The first kappa shape index (κ1) is 18.4. The lowest BCUT2D eigenvalue weighted by Gasteiger charge is -2.08. The molecule has 2 aromatic carbocycles. The molecule has 0 unspecified atom stereocenters. The fourth-order valence-electron chi connectivity index (χ4n) is 2.99. The van der Waals surface area contributed by atoms with Gasteiger partial charge in [-0.15, -0.1) is 0 Å². The number of aromatic nitrogens is 4. The molecule has 0 spiro atoms. The van der Waals surface area contributed by atoms with Crippen molar-refractivity contribution in [2.75, 3.05) is 12.4 Å². The zero-order chi connectivity index (χ0) is 20.2. The van der Waals surface area contributed by atoms with Gasteiger partial charge in [0.2, 0.25) is 5.89 Å². The van der Waals surface area contributed by atoms with Crippen LogP contribution in [0.4, 0.5) is 5.69 Å². The number of methoxy groups -OCH3 is 1. The van der Waals surface area contributed by atoms with E-state index in [0.717, 1.165) is 11.1 Å². The molecule has 0 radical (unpaired) electrons. The van der Waals surface area contributed by atoms with Crippen LogP contribution in [0, 0.1) is 6.92 Å². The minimum atomic E-state index is -0.298. The van der Waals surface area contributed by atoms with Crippen LogP contribution in [0.15, 0.2) is 59.1 Å². The van der Waals surface area contributed by atoms with Crippen LogP contribution in [-0.4, -0.2) is 33.4 Å². The number of amides is 1. The number of hydrogen-bond acceptors (Lipinski definition) is 6. The number of aryl methyl sites for hydroxylation is 1. The summed E-state index contributed by atoms with van der Waals surface area (Å²) in [6.07, 6.45) is 0.423. The molecule has 0 saturated heterocycles. The van der Waals surface area contributed by atoms with Crippen LogP contribution in [-0.2, 0) is 6.42 Å². The summed E-state index contributed by atoms with van der Waals surface area (Å²) in [6, 6.07) is 16.7. The van der Waals surface area contributed by atoms with Crippen LogP contribution < -0.4 is 10.1 Å². The molecule has 0 fully saturated rings. The number of H-pyrrole nitrogens is 1. The Morgan fingerprint density at radius 3 is 2.76 bits per heavy atom. The van der Waals surface area contributed by atoms with Gasteiger partial charge in [0.1, 0.15) is 11.4 Å². The maximum Gasteiger partial charge on any atom is 0.273 e. The van der Waals surface area contributed by atoms with E-state index in [2.05, 4.69) is 25.7 Å². The Morgan fingerprint density at radius 2 is 1.97 bits per heavy atom. The zero-order valence-corrected chi connectivity index (χ0v) is 16.0. The molecule has 0 saturated carbocycles. The quantitative estimate of drug-likeness (QED) is 0.522. The van der Waals surface area contributed by atoms with Gasteiger partial charge in [0, 0.05) is 11.3 Å². The number of carbonyl (C=O) groups excluding carboxylic acids is 1. The summed E-state index contributed by atoms with van der Waals surface area (Å²) >= 11 is 0. The molecule has 0 aliphatic rings. The van der Waals surface area contributed by atoms with Crippen LogP contribution in [0.1, 0.15) is 27.8 Å². The van der Waals surface area contributed by atoms with E-state index in [1.807, 2.05) is 48.5 Å². The first-order valence-electron chi connectivity index (χ1n) is 9.01. The van der Waals surface area contributed by atoms with E-state index in [1.165, 1.54) is 0 Å². The molecule has 2 heterocycles. The van der Waals surface area contributed by atoms with Gasteiger partial charge in [-0.25, -0.2) is 0 Å². The topological polar surface area (TPSA) is 106 Å². The first-order chi connectivity index (χ1) is 14.1. The van der Waals surface area contributed by atoms with Gasteiger partial charge in [-0.1, -0.05) is 35.5 Å². The lowest BCUT2D eigenvalue weighted by molar-refractivity contribution is 0.102. The molecule has 1 amide bonds. The van der Waals surface area contributed by atoms with Gasteiger partial charge >= 0.3 is 0 Å². The average Bonchev–Trinajstić information content (AvgIpc) is 3.39. The lowest BCUT2D eigenvalue weighted by atomic mass is 10.1. The van der Waals surface area contributed by atoms with Crippen LogP contribution >= 0.6 is 0 Å². The number of anilines is 1. The maximum atomic E-state index is 12.8. The Balaban J connectivity index is 1.54. The largest absolute Gasteiger partial charge is 0.496 e. The number of ether oxygens (including phenoxy) is 1. The molecular weight excluding hydrogens is 370 g/mol. The van der Waals surface area contributed by atoms with E-state index >= 15 is 0 Å². The standard InChI is InChI=1S/C21H19N5O3/c1-13-22-20(29-26-13)11-14-7-3-5-9-16(14)23-21(27)18-12-17(24-25-18)15-8-4-6-10-19(15)28-2/h3-10,12H,11H2,1-2H3,(H,23,27)(H,24,25). The average molecular weight is 389 g/mol. The summed E-state index contributed by atoms with van der Waals surface area (Å²) in [5, 5.41) is 13.8. The highest BCUT2D eigenvalue weighted by Gasteiger charge is 2.16. The molecule has 8 heteroatoms. The van der Waals surface area contributed by atoms with Gasteiger partial charge in [0.15, 0.2) is 5.82 Å². The van der Waals surface area contributed by atoms with Gasteiger partial charge < -0.3 is 14.6 Å². The first-order valence-corrected chi connectivity index (χ1v) is 9.01. The van der Waals surface area contributed by atoms with E-state index in [1.54, 1.807) is 20.1 Å². The molecule has 0 aliphatic carbocycles. The van der Waals surface area contributed by atoms with E-state index in [-0.39, 0.29) is 5.91 Å². The van der Waals surface area contributed by atoms with E-state index in [0.29, 0.717) is 41.0 Å². The SMILES string of the molecule is COc1ccccc1-c1cc(C(=O)Nc2ccccc2Cc2nc(C)no2)[nH]n1. The molecule has 146 valence electrons. The van der Waals surface area contributed by atoms with E-state index in [9.17, 15) is 4.79 Å². The van der Waals surface area contributed by atoms with Crippen molar-refractivity contribution in [2.24, 2.45) is 0 Å². The summed E-state index contributed by atoms with van der Waals surface area (Å²) < 4.78 is 10.5. The molecule has 8 nitrogen and oxygen atoms in total. The van der Waals surface area contributed by atoms with Crippen molar-refractivity contribution in [3.8, 4) is 17.0 Å². The second-order valence-electron chi connectivity index (χ2n) is 6.39. The van der Waals surface area contributed by atoms with Crippen molar-refractivity contribution in [1.82, 2.24) is 20.3 Å². The number of para-hydroxylation sites is 2. The molecule has 4 aromatic rings. The number of benzene rings is 2. The maximum absolute atomic E-state index is 12.8. The highest BCUT2D eigenvalue weighted by molar-refractivity contribution is 6.04. The van der Waals surface area contributed by atoms with Crippen LogP contribution in [0.3, 0.4) is 0 Å². The molecule has 2 aromatic heterocycles. The van der Waals surface area contributed by atoms with Crippen molar-refractivity contribution in [3.63, 3.8) is 0 Å². The molecule has 4 rings (SSSR count). The van der Waals surface area contributed by atoms with Crippen LogP contribution in [0.25, 0.3) is 11.3 Å². The molecular formula is C21H19N5O3. The minimum absolute atomic E-state index is 0.298. The smallest absolute Gasteiger partial charge is 0.273 e. The monoisotopic (exact) mass is 389 g/mol. The van der Waals surface area contributed by atoms with Gasteiger partial charge in [0.05, 0.1) is 19.2 Å². The van der Waals surface area contributed by atoms with Crippen molar-refractivity contribution < 1.29 is 14.1 Å². The van der Waals surface area contributed by atoms with Gasteiger partial charge in [-0.2, -0.15) is 10.1 Å². The third-order valence-electron chi connectivity index (χ3n) is 4.38. The summed E-state index contributed by atoms with van der Waals surface area (Å²) in [5.74, 6) is 1.45. The number of rotatable bonds is 6. The van der Waals surface area contributed by atoms with Crippen molar-refractivity contribution in [3.05, 3.63) is 77.6 Å². The van der Waals surface area contributed by atoms with Gasteiger partial charge in [-0.3, -0.25) is 9.89 Å². The predicted molar refractivity (Wildman–Crippen MR) is 107 cm³/mol. The van der Waals surface area contributed by atoms with Crippen molar-refractivity contribution in [1.29, 1.82) is 0 Å². The van der Waals surface area contributed by atoms with Gasteiger partial charge in [-0.05, 0) is 36.8 Å². The second kappa shape index (κ2) is 7.97. The molecule has 0 atom stereocenters. The highest BCUT2D eigenvalue weighted by atomic mass is 16.5. The van der Waals surface area contributed by atoms with E-state index < -0.39 is 0 Å². The number of hydrogen-bond donors (Lipinski definition) is 2. The summed E-state index contributed by atoms with van der Waals surface area (Å²) in [6.45, 7) is 1.76. The highest BCUT2D eigenvalue weighted by Crippen LogP contribution is 2.28. The fourth-order valence-corrected chi connectivity index (χ4v) is 2.99. The van der Waals surface area contributed by atoms with Gasteiger partial charge in [0.25, 0.3) is 5.91 Å². The predicted octanol–water partition coefficient (Wildman–Crippen LogP) is 3.62. The summed E-state index contributed by atoms with van der Waals surface area (Å²) in [7, 11) is 1.60. The van der Waals surface area contributed by atoms with E-state index in [4.69, 9.17) is 9.26 Å². The Kier molecular flexibility index (Phi) is 5.07. The Labute approximate surface area is 166 Å². The third kappa shape index (κ3) is 4.01. The molecule has 2 N–H and O–H groups in total. The van der Waals surface area contributed by atoms with Crippen molar-refractivity contribution >= 4 is 11.6 Å². The number of nitrogens with zero attached hydrogens (tertiary/aromatic N) is 3. The number of carbonyl (C=O) groups is 1. The molecule has 0 bridgehead atoms. The Hall–Kier alpha value is -3.94. The minimum Gasteiger partial charge on any atom is -0.496 e.